The van der Waals surface area contributed by atoms with Crippen molar-refractivity contribution >= 4 is 21.4 Å². The predicted molar refractivity (Wildman–Crippen MR) is 91.4 cm³/mol. The fourth-order valence-corrected chi connectivity index (χ4v) is 3.81. The number of hydrogen-bond acceptors (Lipinski definition) is 3. The average molecular weight is 296 g/mol. The second-order valence-electron chi connectivity index (χ2n) is 5.28. The molecule has 3 heteroatoms. The number of hydrazine groups is 1. The molecule has 0 radical (unpaired) electrons. The second kappa shape index (κ2) is 6.39. The van der Waals surface area contributed by atoms with Gasteiger partial charge in [-0.25, -0.2) is 5.43 Å². The van der Waals surface area contributed by atoms with Crippen LogP contribution in [0.25, 0.3) is 10.1 Å². The predicted octanol–water partition coefficient (Wildman–Crippen LogP) is 4.41. The summed E-state index contributed by atoms with van der Waals surface area (Å²) in [6.07, 6.45) is 2.30. The summed E-state index contributed by atoms with van der Waals surface area (Å²) in [5, 5.41) is 1.28. The third-order valence-electron chi connectivity index (χ3n) is 3.75. The van der Waals surface area contributed by atoms with Crippen molar-refractivity contribution in [3.63, 3.8) is 0 Å². The number of nitrogens with one attached hydrogen (secondary N) is 1. The lowest BCUT2D eigenvalue weighted by atomic mass is 10.0. The molecular formula is C18H20N2S. The standard InChI is InChI=1S/C18H20N2S/c1-2-5-13-8-10-14(11-9-13)18(20-19)17-12-15-6-3-4-7-16(15)21-17/h3-4,6-12,18,20H,2,5,19H2,1H3. The summed E-state index contributed by atoms with van der Waals surface area (Å²) in [7, 11) is 0. The molecule has 3 rings (SSSR count). The van der Waals surface area contributed by atoms with Crippen LogP contribution >= 0.6 is 11.3 Å². The van der Waals surface area contributed by atoms with Crippen LogP contribution in [0, 0.1) is 0 Å². The lowest BCUT2D eigenvalue weighted by Gasteiger charge is -2.15. The van der Waals surface area contributed by atoms with Crippen molar-refractivity contribution in [3.05, 3.63) is 70.6 Å². The molecule has 1 unspecified atom stereocenters. The molecule has 3 aromatic rings. The number of thiophene rings is 1. The van der Waals surface area contributed by atoms with Crippen molar-refractivity contribution in [2.24, 2.45) is 5.84 Å². The molecule has 1 aromatic heterocycles. The highest BCUT2D eigenvalue weighted by atomic mass is 32.1. The number of nitrogens with two attached hydrogens (primary N) is 1. The first-order valence-electron chi connectivity index (χ1n) is 7.35. The molecule has 0 aliphatic heterocycles. The lowest BCUT2D eigenvalue weighted by Crippen LogP contribution is -2.28. The van der Waals surface area contributed by atoms with Crippen molar-refractivity contribution < 1.29 is 0 Å². The zero-order chi connectivity index (χ0) is 14.7. The maximum absolute atomic E-state index is 5.81. The van der Waals surface area contributed by atoms with Crippen LogP contribution in [0.2, 0.25) is 0 Å². The molecule has 0 saturated carbocycles. The van der Waals surface area contributed by atoms with Crippen LogP contribution in [0.1, 0.15) is 35.4 Å². The van der Waals surface area contributed by atoms with Gasteiger partial charge in [-0.15, -0.1) is 11.3 Å². The Morgan fingerprint density at radius 1 is 1.10 bits per heavy atom. The maximum Gasteiger partial charge on any atom is 0.0802 e. The molecule has 2 nitrogen and oxygen atoms in total. The van der Waals surface area contributed by atoms with E-state index in [0.29, 0.717) is 0 Å². The van der Waals surface area contributed by atoms with Gasteiger partial charge in [-0.2, -0.15) is 0 Å². The van der Waals surface area contributed by atoms with Gasteiger partial charge in [0.25, 0.3) is 0 Å². The SMILES string of the molecule is CCCc1ccc(C(NN)c2cc3ccccc3s2)cc1. The van der Waals surface area contributed by atoms with Crippen molar-refractivity contribution in [3.8, 4) is 0 Å². The Hall–Kier alpha value is -1.68. The van der Waals surface area contributed by atoms with E-state index in [9.17, 15) is 0 Å². The average Bonchev–Trinajstić information content (AvgIpc) is 2.93. The van der Waals surface area contributed by atoms with Gasteiger partial charge in [0, 0.05) is 9.58 Å². The molecule has 3 N–H and O–H groups in total. The molecule has 0 amide bonds. The molecular weight excluding hydrogens is 276 g/mol. The fraction of sp³-hybridized carbons (Fsp3) is 0.222. The van der Waals surface area contributed by atoms with E-state index < -0.39 is 0 Å². The van der Waals surface area contributed by atoms with E-state index in [0.717, 1.165) is 6.42 Å². The van der Waals surface area contributed by atoms with Gasteiger partial charge in [-0.3, -0.25) is 5.84 Å². The molecule has 0 saturated heterocycles. The smallest absolute Gasteiger partial charge is 0.0802 e. The van der Waals surface area contributed by atoms with Crippen LogP contribution in [0.5, 0.6) is 0 Å². The third kappa shape index (κ3) is 3.00. The minimum absolute atomic E-state index is 0.0538. The zero-order valence-electron chi connectivity index (χ0n) is 12.2. The van der Waals surface area contributed by atoms with Gasteiger partial charge >= 0.3 is 0 Å². The fourth-order valence-electron chi connectivity index (χ4n) is 2.65. The van der Waals surface area contributed by atoms with Gasteiger partial charge in [0.2, 0.25) is 0 Å². The first-order valence-corrected chi connectivity index (χ1v) is 8.17. The van der Waals surface area contributed by atoms with Gasteiger partial charge in [0.05, 0.1) is 6.04 Å². The minimum atomic E-state index is 0.0538. The molecule has 0 spiro atoms. The maximum atomic E-state index is 5.81. The van der Waals surface area contributed by atoms with E-state index >= 15 is 0 Å². The summed E-state index contributed by atoms with van der Waals surface area (Å²) in [4.78, 5) is 1.25. The normalized spacial score (nSPS) is 12.7. The van der Waals surface area contributed by atoms with E-state index in [-0.39, 0.29) is 6.04 Å². The highest BCUT2D eigenvalue weighted by Crippen LogP contribution is 2.32. The molecule has 0 aliphatic rings. The van der Waals surface area contributed by atoms with Crippen molar-refractivity contribution in [1.29, 1.82) is 0 Å². The molecule has 0 aliphatic carbocycles. The van der Waals surface area contributed by atoms with Crippen LogP contribution in [-0.2, 0) is 6.42 Å². The third-order valence-corrected chi connectivity index (χ3v) is 4.93. The molecule has 108 valence electrons. The Labute approximate surface area is 129 Å². The summed E-state index contributed by atoms with van der Waals surface area (Å²) in [5.74, 6) is 5.81. The van der Waals surface area contributed by atoms with Crippen molar-refractivity contribution in [2.75, 3.05) is 0 Å². The first kappa shape index (κ1) is 14.3. The van der Waals surface area contributed by atoms with E-state index in [1.807, 2.05) is 0 Å². The summed E-state index contributed by atoms with van der Waals surface area (Å²) in [6, 6.07) is 19.5. The van der Waals surface area contributed by atoms with Gasteiger partial charge in [0.1, 0.15) is 0 Å². The van der Waals surface area contributed by atoms with Crippen molar-refractivity contribution in [1.82, 2.24) is 5.43 Å². The number of fused-ring (bicyclic) bond motifs is 1. The molecule has 21 heavy (non-hydrogen) atoms. The second-order valence-corrected chi connectivity index (χ2v) is 6.39. The molecule has 2 aromatic carbocycles. The lowest BCUT2D eigenvalue weighted by molar-refractivity contribution is 0.646. The summed E-state index contributed by atoms with van der Waals surface area (Å²) in [5.41, 5.74) is 5.55. The zero-order valence-corrected chi connectivity index (χ0v) is 13.0. The van der Waals surface area contributed by atoms with E-state index in [2.05, 4.69) is 66.9 Å². The number of rotatable bonds is 5. The van der Waals surface area contributed by atoms with E-state index in [4.69, 9.17) is 5.84 Å². The van der Waals surface area contributed by atoms with Gasteiger partial charge in [0.15, 0.2) is 0 Å². The highest BCUT2D eigenvalue weighted by Gasteiger charge is 2.15. The summed E-state index contributed by atoms with van der Waals surface area (Å²) >= 11 is 1.80. The van der Waals surface area contributed by atoms with Crippen molar-refractivity contribution in [2.45, 2.75) is 25.8 Å². The Bertz CT molecular complexity index is 682. The Morgan fingerprint density at radius 3 is 2.52 bits per heavy atom. The van der Waals surface area contributed by atoms with Crippen LogP contribution < -0.4 is 11.3 Å². The van der Waals surface area contributed by atoms with Gasteiger partial charge < -0.3 is 0 Å². The topological polar surface area (TPSA) is 38.0 Å². The number of benzene rings is 2. The quantitative estimate of drug-likeness (QED) is 0.541. The molecule has 1 atom stereocenters. The Balaban J connectivity index is 1.93. The number of aryl methyl sites for hydroxylation is 1. The van der Waals surface area contributed by atoms with Crippen LogP contribution in [0.3, 0.4) is 0 Å². The number of hydrogen-bond donors (Lipinski definition) is 2. The Kier molecular flexibility index (Phi) is 4.34. The largest absolute Gasteiger partial charge is 0.271 e. The van der Waals surface area contributed by atoms with E-state index in [1.54, 1.807) is 11.3 Å². The molecule has 0 bridgehead atoms. The van der Waals surface area contributed by atoms with Crippen LogP contribution in [-0.4, -0.2) is 0 Å². The summed E-state index contributed by atoms with van der Waals surface area (Å²) in [6.45, 7) is 2.20. The van der Waals surface area contributed by atoms with Crippen LogP contribution in [0.15, 0.2) is 54.6 Å². The minimum Gasteiger partial charge on any atom is -0.271 e. The van der Waals surface area contributed by atoms with Gasteiger partial charge in [-0.05, 0) is 35.1 Å². The monoisotopic (exact) mass is 296 g/mol. The Morgan fingerprint density at radius 2 is 1.86 bits per heavy atom. The first-order chi connectivity index (χ1) is 10.3. The van der Waals surface area contributed by atoms with Gasteiger partial charge in [-0.1, -0.05) is 55.8 Å². The molecule has 1 heterocycles. The van der Waals surface area contributed by atoms with E-state index in [1.165, 1.54) is 32.5 Å². The molecule has 0 fully saturated rings. The summed E-state index contributed by atoms with van der Waals surface area (Å²) < 4.78 is 1.30. The van der Waals surface area contributed by atoms with Crippen LogP contribution in [0.4, 0.5) is 0 Å². The highest BCUT2D eigenvalue weighted by molar-refractivity contribution is 7.19.